The van der Waals surface area contributed by atoms with Crippen LogP contribution in [0.3, 0.4) is 0 Å². The lowest BCUT2D eigenvalue weighted by molar-refractivity contribution is 0.0704. The summed E-state index contributed by atoms with van der Waals surface area (Å²) >= 11 is 0. The van der Waals surface area contributed by atoms with Gasteiger partial charge in [0.25, 0.3) is 5.91 Å². The molecule has 1 saturated heterocycles. The van der Waals surface area contributed by atoms with Crippen LogP contribution in [-0.2, 0) is 10.0 Å². The number of nitrogens with one attached hydrogen (secondary N) is 1. The molecule has 1 aromatic heterocycles. The van der Waals surface area contributed by atoms with Gasteiger partial charge in [0.2, 0.25) is 10.0 Å². The molecule has 2 heterocycles. The van der Waals surface area contributed by atoms with Gasteiger partial charge in [0.1, 0.15) is 5.82 Å². The number of likely N-dealkylation sites (tertiary alicyclic amines) is 1. The van der Waals surface area contributed by atoms with Crippen molar-refractivity contribution in [3.63, 3.8) is 0 Å². The fraction of sp³-hybridized carbons (Fsp3) is 0.364. The summed E-state index contributed by atoms with van der Waals surface area (Å²) in [5.41, 5.74) is 3.12. The number of amides is 1. The topological polar surface area (TPSA) is 86.4 Å². The molecule has 1 amide bonds. The molecule has 0 spiro atoms. The zero-order valence-corrected chi connectivity index (χ0v) is 18.2. The number of para-hydroxylation sites is 2. The van der Waals surface area contributed by atoms with Crippen LogP contribution in [-0.4, -0.2) is 60.7 Å². The van der Waals surface area contributed by atoms with Gasteiger partial charge in [-0.25, -0.2) is 17.7 Å². The SMILES string of the molecule is Cc1ccc(S(=O)(=O)N(C)C)cc1C(=O)N1CCCC(c2nc3ccccc3[nH]2)C1. The fourth-order valence-electron chi connectivity index (χ4n) is 3.92. The van der Waals surface area contributed by atoms with Gasteiger partial charge in [-0.05, 0) is 49.6 Å². The van der Waals surface area contributed by atoms with Gasteiger partial charge in [0, 0.05) is 38.7 Å². The van der Waals surface area contributed by atoms with Crippen LogP contribution < -0.4 is 0 Å². The number of aromatic amines is 1. The Hall–Kier alpha value is -2.71. The zero-order valence-electron chi connectivity index (χ0n) is 17.4. The van der Waals surface area contributed by atoms with Crippen LogP contribution >= 0.6 is 0 Å². The van der Waals surface area contributed by atoms with E-state index in [9.17, 15) is 13.2 Å². The number of aromatic nitrogens is 2. The number of nitrogens with zero attached hydrogens (tertiary/aromatic N) is 3. The summed E-state index contributed by atoms with van der Waals surface area (Å²) in [4.78, 5) is 23.3. The minimum absolute atomic E-state index is 0.129. The first-order valence-corrected chi connectivity index (χ1v) is 11.5. The van der Waals surface area contributed by atoms with Crippen LogP contribution in [0.5, 0.6) is 0 Å². The number of sulfonamides is 1. The smallest absolute Gasteiger partial charge is 0.254 e. The van der Waals surface area contributed by atoms with Crippen molar-refractivity contribution >= 4 is 27.0 Å². The van der Waals surface area contributed by atoms with Crippen molar-refractivity contribution in [2.45, 2.75) is 30.6 Å². The first kappa shape index (κ1) is 20.6. The van der Waals surface area contributed by atoms with E-state index in [2.05, 4.69) is 4.98 Å². The monoisotopic (exact) mass is 426 g/mol. The number of benzene rings is 2. The molecule has 1 atom stereocenters. The van der Waals surface area contributed by atoms with Crippen LogP contribution in [0, 0.1) is 6.92 Å². The predicted octanol–water partition coefficient (Wildman–Crippen LogP) is 3.14. The van der Waals surface area contributed by atoms with Crippen molar-refractivity contribution in [2.75, 3.05) is 27.2 Å². The molecular formula is C22H26N4O3S. The van der Waals surface area contributed by atoms with Gasteiger partial charge in [-0.3, -0.25) is 4.79 Å². The van der Waals surface area contributed by atoms with Crippen LogP contribution in [0.1, 0.15) is 40.5 Å². The van der Waals surface area contributed by atoms with Gasteiger partial charge in [0.05, 0.1) is 15.9 Å². The summed E-state index contributed by atoms with van der Waals surface area (Å²) in [5, 5.41) is 0. The molecule has 4 rings (SSSR count). The van der Waals surface area contributed by atoms with E-state index in [1.54, 1.807) is 12.1 Å². The van der Waals surface area contributed by atoms with E-state index in [0.717, 1.165) is 39.6 Å². The average molecular weight is 427 g/mol. The highest BCUT2D eigenvalue weighted by Gasteiger charge is 2.29. The molecule has 30 heavy (non-hydrogen) atoms. The lowest BCUT2D eigenvalue weighted by atomic mass is 9.96. The maximum absolute atomic E-state index is 13.3. The highest BCUT2D eigenvalue weighted by Crippen LogP contribution is 2.28. The number of piperidine rings is 1. The third kappa shape index (κ3) is 3.73. The quantitative estimate of drug-likeness (QED) is 0.694. The fourth-order valence-corrected chi connectivity index (χ4v) is 4.85. The summed E-state index contributed by atoms with van der Waals surface area (Å²) < 4.78 is 26.2. The van der Waals surface area contributed by atoms with Crippen molar-refractivity contribution in [2.24, 2.45) is 0 Å². The highest BCUT2D eigenvalue weighted by atomic mass is 32.2. The number of rotatable bonds is 4. The first-order chi connectivity index (χ1) is 14.3. The van der Waals surface area contributed by atoms with Crippen molar-refractivity contribution < 1.29 is 13.2 Å². The molecule has 0 saturated carbocycles. The van der Waals surface area contributed by atoms with Crippen LogP contribution in [0.4, 0.5) is 0 Å². The minimum Gasteiger partial charge on any atom is -0.342 e. The normalized spacial score (nSPS) is 17.6. The Morgan fingerprint density at radius 1 is 1.20 bits per heavy atom. The average Bonchev–Trinajstić information content (AvgIpc) is 3.18. The maximum atomic E-state index is 13.3. The van der Waals surface area contributed by atoms with Crippen LogP contribution in [0.2, 0.25) is 0 Å². The number of hydrogen-bond acceptors (Lipinski definition) is 4. The van der Waals surface area contributed by atoms with Gasteiger partial charge in [0.15, 0.2) is 0 Å². The van der Waals surface area contributed by atoms with E-state index >= 15 is 0 Å². The molecule has 0 aliphatic carbocycles. The maximum Gasteiger partial charge on any atom is 0.254 e. The minimum atomic E-state index is -3.60. The molecule has 158 valence electrons. The van der Waals surface area contributed by atoms with E-state index in [-0.39, 0.29) is 16.7 Å². The van der Waals surface area contributed by atoms with Gasteiger partial charge in [-0.1, -0.05) is 18.2 Å². The number of carbonyl (C=O) groups is 1. The largest absolute Gasteiger partial charge is 0.342 e. The lowest BCUT2D eigenvalue weighted by Gasteiger charge is -2.32. The molecule has 3 aromatic rings. The molecule has 1 N–H and O–H groups in total. The third-order valence-electron chi connectivity index (χ3n) is 5.72. The third-order valence-corrected chi connectivity index (χ3v) is 7.53. The van der Waals surface area contributed by atoms with Gasteiger partial charge >= 0.3 is 0 Å². The zero-order chi connectivity index (χ0) is 21.5. The summed E-state index contributed by atoms with van der Waals surface area (Å²) in [6, 6.07) is 12.6. The number of aryl methyl sites for hydroxylation is 1. The van der Waals surface area contributed by atoms with Crippen LogP contribution in [0.15, 0.2) is 47.4 Å². The molecule has 1 unspecified atom stereocenters. The Morgan fingerprint density at radius 3 is 2.70 bits per heavy atom. The molecule has 1 aliphatic heterocycles. The summed E-state index contributed by atoms with van der Waals surface area (Å²) in [6.45, 7) is 3.04. The number of fused-ring (bicyclic) bond motifs is 1. The van der Waals surface area contributed by atoms with Crippen LogP contribution in [0.25, 0.3) is 11.0 Å². The van der Waals surface area contributed by atoms with E-state index in [1.807, 2.05) is 36.1 Å². The first-order valence-electron chi connectivity index (χ1n) is 10.0. The summed E-state index contributed by atoms with van der Waals surface area (Å²) in [7, 11) is -0.631. The second-order valence-corrected chi connectivity index (χ2v) is 10.1. The molecule has 2 aromatic carbocycles. The van der Waals surface area contributed by atoms with Gasteiger partial charge in [-0.15, -0.1) is 0 Å². The van der Waals surface area contributed by atoms with Crippen molar-refractivity contribution in [1.82, 2.24) is 19.2 Å². The van der Waals surface area contributed by atoms with Crippen molar-refractivity contribution in [1.29, 1.82) is 0 Å². The predicted molar refractivity (Wildman–Crippen MR) is 116 cm³/mol. The second-order valence-electron chi connectivity index (χ2n) is 7.99. The van der Waals surface area contributed by atoms with Crippen molar-refractivity contribution in [3.8, 4) is 0 Å². The molecule has 1 aliphatic rings. The molecular weight excluding hydrogens is 400 g/mol. The van der Waals surface area contributed by atoms with Gasteiger partial charge < -0.3 is 9.88 Å². The molecule has 8 heteroatoms. The van der Waals surface area contributed by atoms with E-state index in [4.69, 9.17) is 4.98 Å². The van der Waals surface area contributed by atoms with E-state index < -0.39 is 10.0 Å². The summed E-state index contributed by atoms with van der Waals surface area (Å²) in [5.74, 6) is 0.891. The molecule has 0 radical (unpaired) electrons. The second kappa shape index (κ2) is 7.85. The standard InChI is InChI=1S/C22H26N4O3S/c1-15-10-11-17(30(28,29)25(2)3)13-18(15)22(27)26-12-6-7-16(14-26)21-23-19-8-4-5-9-20(19)24-21/h4-5,8-11,13,16H,6-7,12,14H2,1-3H3,(H,23,24). The Labute approximate surface area is 176 Å². The number of hydrogen-bond donors (Lipinski definition) is 1. The Morgan fingerprint density at radius 2 is 1.97 bits per heavy atom. The number of carbonyl (C=O) groups excluding carboxylic acids is 1. The molecule has 0 bridgehead atoms. The molecule has 1 fully saturated rings. The van der Waals surface area contributed by atoms with Gasteiger partial charge in [-0.2, -0.15) is 0 Å². The summed E-state index contributed by atoms with van der Waals surface area (Å²) in [6.07, 6.45) is 1.83. The van der Waals surface area contributed by atoms with E-state index in [0.29, 0.717) is 18.7 Å². The Kier molecular flexibility index (Phi) is 5.38. The lowest BCUT2D eigenvalue weighted by Crippen LogP contribution is -2.39. The van der Waals surface area contributed by atoms with E-state index in [1.165, 1.54) is 20.2 Å². The Balaban J connectivity index is 1.60. The number of H-pyrrole nitrogens is 1. The van der Waals surface area contributed by atoms with Crippen molar-refractivity contribution in [3.05, 3.63) is 59.4 Å². The number of imidazole rings is 1. The highest BCUT2D eigenvalue weighted by molar-refractivity contribution is 7.89. The molecule has 7 nitrogen and oxygen atoms in total. The Bertz CT molecular complexity index is 1170.